The maximum atomic E-state index is 9.57. The van der Waals surface area contributed by atoms with Crippen molar-refractivity contribution in [1.82, 2.24) is 0 Å². The summed E-state index contributed by atoms with van der Waals surface area (Å²) in [6.07, 6.45) is 2.43. The molecule has 1 aromatic rings. The molecule has 0 saturated heterocycles. The van der Waals surface area contributed by atoms with Gasteiger partial charge < -0.3 is 10.8 Å². The molecule has 1 rings (SSSR count). The second-order valence-electron chi connectivity index (χ2n) is 3.19. The highest BCUT2D eigenvalue weighted by Crippen LogP contribution is 2.25. The summed E-state index contributed by atoms with van der Waals surface area (Å²) in [4.78, 5) is 0. The van der Waals surface area contributed by atoms with Crippen molar-refractivity contribution in [3.05, 3.63) is 42.0 Å². The number of hydrogen-bond acceptors (Lipinski definition) is 2. The van der Waals surface area contributed by atoms with Gasteiger partial charge in [0.2, 0.25) is 0 Å². The van der Waals surface area contributed by atoms with Crippen LogP contribution in [0.3, 0.4) is 0 Å². The van der Waals surface area contributed by atoms with Gasteiger partial charge in [0.05, 0.1) is 0 Å². The van der Waals surface area contributed by atoms with E-state index in [1.165, 1.54) is 0 Å². The average molecular weight is 214 g/mol. The monoisotopic (exact) mass is 213 g/mol. The number of phenolic OH excluding ortho intramolecular Hbond substituents is 1. The van der Waals surface area contributed by atoms with Gasteiger partial charge in [0.25, 0.3) is 0 Å². The molecule has 0 radical (unpaired) electrons. The largest absolute Gasteiger partial charge is 0.508 e. The molecular weight excluding hydrogens is 198 g/mol. The van der Waals surface area contributed by atoms with Crippen molar-refractivity contribution in [2.24, 2.45) is 5.73 Å². The molecule has 0 saturated carbocycles. The standard InChI is InChI=1S/C11H15NO.ClH/c1-3-4-10(12)9-6-5-8(2)7-11(9)13;/h3,5-7,10,13H,1,4,12H2,2H3;1H/t10-;/m1./s1. The summed E-state index contributed by atoms with van der Waals surface area (Å²) < 4.78 is 0. The van der Waals surface area contributed by atoms with E-state index in [9.17, 15) is 5.11 Å². The van der Waals surface area contributed by atoms with Crippen molar-refractivity contribution < 1.29 is 5.11 Å². The average Bonchev–Trinajstić information content (AvgIpc) is 2.04. The van der Waals surface area contributed by atoms with E-state index in [1.54, 1.807) is 12.1 Å². The SMILES string of the molecule is C=CC[C@@H](N)c1ccc(C)cc1O.Cl. The van der Waals surface area contributed by atoms with Crippen LogP contribution in [0.4, 0.5) is 0 Å². The van der Waals surface area contributed by atoms with E-state index in [1.807, 2.05) is 19.1 Å². The summed E-state index contributed by atoms with van der Waals surface area (Å²) in [6, 6.07) is 5.37. The third kappa shape index (κ3) is 3.05. The van der Waals surface area contributed by atoms with Crippen LogP contribution in [0.15, 0.2) is 30.9 Å². The predicted octanol–water partition coefficient (Wildman–Crippen LogP) is 2.70. The molecule has 0 fully saturated rings. The summed E-state index contributed by atoms with van der Waals surface area (Å²) in [5.41, 5.74) is 7.64. The van der Waals surface area contributed by atoms with Crippen molar-refractivity contribution in [2.75, 3.05) is 0 Å². The highest BCUT2D eigenvalue weighted by atomic mass is 35.5. The summed E-state index contributed by atoms with van der Waals surface area (Å²) in [7, 11) is 0. The molecule has 0 unspecified atom stereocenters. The van der Waals surface area contributed by atoms with Crippen LogP contribution in [0.25, 0.3) is 0 Å². The topological polar surface area (TPSA) is 46.2 Å². The quantitative estimate of drug-likeness (QED) is 0.759. The lowest BCUT2D eigenvalue weighted by atomic mass is 10.0. The number of hydrogen-bond donors (Lipinski definition) is 2. The molecule has 0 amide bonds. The summed E-state index contributed by atoms with van der Waals surface area (Å²) in [6.45, 7) is 5.54. The van der Waals surface area contributed by atoms with Crippen LogP contribution in [0.5, 0.6) is 5.75 Å². The summed E-state index contributed by atoms with van der Waals surface area (Å²) >= 11 is 0. The van der Waals surface area contributed by atoms with Gasteiger partial charge in [-0.05, 0) is 25.0 Å². The molecule has 0 aromatic heterocycles. The van der Waals surface area contributed by atoms with Gasteiger partial charge in [-0.1, -0.05) is 18.2 Å². The highest BCUT2D eigenvalue weighted by molar-refractivity contribution is 5.85. The minimum absolute atomic E-state index is 0. The van der Waals surface area contributed by atoms with Crippen molar-refractivity contribution in [1.29, 1.82) is 0 Å². The third-order valence-electron chi connectivity index (χ3n) is 2.01. The van der Waals surface area contributed by atoms with Gasteiger partial charge in [-0.2, -0.15) is 0 Å². The first-order valence-electron chi connectivity index (χ1n) is 4.31. The maximum Gasteiger partial charge on any atom is 0.120 e. The Balaban J connectivity index is 0.00000169. The number of halogens is 1. The molecule has 1 aromatic carbocycles. The molecule has 3 N–H and O–H groups in total. The first kappa shape index (κ1) is 13.0. The molecule has 1 atom stereocenters. The van der Waals surface area contributed by atoms with Gasteiger partial charge >= 0.3 is 0 Å². The van der Waals surface area contributed by atoms with E-state index in [4.69, 9.17) is 5.73 Å². The van der Waals surface area contributed by atoms with Crippen LogP contribution in [-0.2, 0) is 0 Å². The third-order valence-corrected chi connectivity index (χ3v) is 2.01. The van der Waals surface area contributed by atoms with E-state index >= 15 is 0 Å². The summed E-state index contributed by atoms with van der Waals surface area (Å²) in [5.74, 6) is 0.273. The van der Waals surface area contributed by atoms with Crippen molar-refractivity contribution in [3.8, 4) is 5.75 Å². The van der Waals surface area contributed by atoms with E-state index in [2.05, 4.69) is 6.58 Å². The van der Waals surface area contributed by atoms with E-state index in [0.29, 0.717) is 6.42 Å². The fourth-order valence-corrected chi connectivity index (χ4v) is 1.27. The van der Waals surface area contributed by atoms with Crippen molar-refractivity contribution in [3.63, 3.8) is 0 Å². The lowest BCUT2D eigenvalue weighted by Gasteiger charge is -2.11. The number of phenols is 1. The first-order chi connectivity index (χ1) is 6.15. The Morgan fingerprint density at radius 3 is 2.71 bits per heavy atom. The van der Waals surface area contributed by atoms with Crippen LogP contribution >= 0.6 is 12.4 Å². The Morgan fingerprint density at radius 2 is 2.21 bits per heavy atom. The first-order valence-corrected chi connectivity index (χ1v) is 4.31. The molecule has 2 nitrogen and oxygen atoms in total. The second-order valence-corrected chi connectivity index (χ2v) is 3.19. The lowest BCUT2D eigenvalue weighted by molar-refractivity contribution is 0.461. The smallest absolute Gasteiger partial charge is 0.120 e. The molecule has 0 aliphatic rings. The molecule has 0 aliphatic carbocycles. The predicted molar refractivity (Wildman–Crippen MR) is 61.8 cm³/mol. The Labute approximate surface area is 90.9 Å². The number of benzene rings is 1. The van der Waals surface area contributed by atoms with Crippen LogP contribution in [0.2, 0.25) is 0 Å². The summed E-state index contributed by atoms with van der Waals surface area (Å²) in [5, 5.41) is 9.57. The van der Waals surface area contributed by atoms with E-state index in [-0.39, 0.29) is 24.2 Å². The molecule has 0 bridgehead atoms. The van der Waals surface area contributed by atoms with Gasteiger partial charge in [0, 0.05) is 11.6 Å². The fourth-order valence-electron chi connectivity index (χ4n) is 1.27. The Kier molecular flexibility index (Phi) is 5.28. The van der Waals surface area contributed by atoms with Gasteiger partial charge in [-0.15, -0.1) is 19.0 Å². The molecule has 14 heavy (non-hydrogen) atoms. The van der Waals surface area contributed by atoms with Gasteiger partial charge in [-0.25, -0.2) is 0 Å². The number of rotatable bonds is 3. The van der Waals surface area contributed by atoms with E-state index < -0.39 is 0 Å². The second kappa shape index (κ2) is 5.68. The molecule has 78 valence electrons. The van der Waals surface area contributed by atoms with E-state index in [0.717, 1.165) is 11.1 Å². The van der Waals surface area contributed by atoms with Gasteiger partial charge in [0.1, 0.15) is 5.75 Å². The Hall–Kier alpha value is -0.990. The molecule has 0 aliphatic heterocycles. The van der Waals surface area contributed by atoms with Crippen LogP contribution in [0.1, 0.15) is 23.6 Å². The molecule has 3 heteroatoms. The normalized spacial score (nSPS) is 11.6. The Morgan fingerprint density at radius 1 is 1.57 bits per heavy atom. The Bertz CT molecular complexity index is 312. The molecule has 0 heterocycles. The van der Waals surface area contributed by atoms with Crippen LogP contribution in [0, 0.1) is 6.92 Å². The fraction of sp³-hybridized carbons (Fsp3) is 0.273. The van der Waals surface area contributed by atoms with Gasteiger partial charge in [-0.3, -0.25) is 0 Å². The van der Waals surface area contributed by atoms with Crippen molar-refractivity contribution in [2.45, 2.75) is 19.4 Å². The number of aryl methyl sites for hydroxylation is 1. The number of nitrogens with two attached hydrogens (primary N) is 1. The maximum absolute atomic E-state index is 9.57. The van der Waals surface area contributed by atoms with Crippen molar-refractivity contribution >= 4 is 12.4 Å². The molecule has 0 spiro atoms. The molecular formula is C11H16ClNO. The zero-order chi connectivity index (χ0) is 9.84. The minimum atomic E-state index is -0.155. The van der Waals surface area contributed by atoms with Crippen LogP contribution < -0.4 is 5.73 Å². The number of aromatic hydroxyl groups is 1. The van der Waals surface area contributed by atoms with Crippen LogP contribution in [-0.4, -0.2) is 5.11 Å². The highest BCUT2D eigenvalue weighted by Gasteiger charge is 2.08. The zero-order valence-electron chi connectivity index (χ0n) is 8.23. The minimum Gasteiger partial charge on any atom is -0.508 e. The van der Waals surface area contributed by atoms with Gasteiger partial charge in [0.15, 0.2) is 0 Å². The lowest BCUT2D eigenvalue weighted by Crippen LogP contribution is -2.09. The zero-order valence-corrected chi connectivity index (χ0v) is 9.05.